The third-order valence-electron chi connectivity index (χ3n) is 17.2. The predicted octanol–water partition coefficient (Wildman–Crippen LogP) is 5.76. The molecule has 1 aliphatic carbocycles. The molecule has 1 spiro atoms. The SMILES string of the molecule is CC[C@]1(O)C[C@H]2CN(CCc3c([nH]c4ccc(N(C)c5ccccc5)cc34)[C@@](C(=O)OC)(c3cc4c(cc3OC)N(C)[C@H]3[C@@](O)(C(=O)OC)[C@H](OC(C)=O)[C@]5(CC)C=CCN6CC[C@]43[C@@H]65)C2)C1. The zero-order valence-electron chi connectivity index (χ0n) is 40.1. The maximum absolute atomic E-state index is 15.7. The lowest BCUT2D eigenvalue weighted by molar-refractivity contribution is -0.228. The molecule has 5 aliphatic heterocycles. The van der Waals surface area contributed by atoms with Gasteiger partial charge < -0.3 is 43.9 Å². The number of anilines is 3. The smallest absolute Gasteiger partial charge is 0.344 e. The number of likely N-dealkylation sites (N-methyl/N-ethyl adjacent to an activating group) is 1. The molecule has 14 nitrogen and oxygen atoms in total. The van der Waals surface area contributed by atoms with Gasteiger partial charge in [-0.2, -0.15) is 0 Å². The van der Waals surface area contributed by atoms with Gasteiger partial charge in [-0.05, 0) is 98.5 Å². The Hall–Kier alpha value is -5.41. The molecule has 14 heteroatoms. The van der Waals surface area contributed by atoms with Crippen LogP contribution in [-0.2, 0) is 45.8 Å². The fourth-order valence-corrected chi connectivity index (χ4v) is 14.6. The number of esters is 3. The second kappa shape index (κ2) is 16.1. The van der Waals surface area contributed by atoms with Crippen LogP contribution in [0.1, 0.15) is 75.3 Å². The van der Waals surface area contributed by atoms with Gasteiger partial charge in [-0.25, -0.2) is 4.79 Å². The highest BCUT2D eigenvalue weighted by molar-refractivity contribution is 5.96. The number of H-pyrrole nitrogens is 1. The van der Waals surface area contributed by atoms with Crippen LogP contribution in [0.5, 0.6) is 5.75 Å². The molecule has 3 N–H and O–H groups in total. The van der Waals surface area contributed by atoms with Gasteiger partial charge in [-0.15, -0.1) is 0 Å². The van der Waals surface area contributed by atoms with Crippen molar-refractivity contribution in [3.05, 3.63) is 95.2 Å². The van der Waals surface area contributed by atoms with Crippen LogP contribution in [0.2, 0.25) is 0 Å². The number of piperidine rings is 1. The predicted molar refractivity (Wildman–Crippen MR) is 255 cm³/mol. The Labute approximate surface area is 392 Å². The summed E-state index contributed by atoms with van der Waals surface area (Å²) in [5.41, 5.74) is 0.0997. The van der Waals surface area contributed by atoms with E-state index < -0.39 is 57.5 Å². The van der Waals surface area contributed by atoms with Crippen LogP contribution < -0.4 is 14.5 Å². The van der Waals surface area contributed by atoms with E-state index in [1.807, 2.05) is 50.1 Å². The van der Waals surface area contributed by atoms with Gasteiger partial charge in [0.1, 0.15) is 11.2 Å². The van der Waals surface area contributed by atoms with Crippen molar-refractivity contribution in [2.45, 2.75) is 99.5 Å². The van der Waals surface area contributed by atoms with Gasteiger partial charge in [0.05, 0.1) is 33.0 Å². The molecule has 356 valence electrons. The van der Waals surface area contributed by atoms with E-state index in [4.69, 9.17) is 18.9 Å². The number of methoxy groups -OCH3 is 3. The van der Waals surface area contributed by atoms with E-state index in [2.05, 4.69) is 75.3 Å². The van der Waals surface area contributed by atoms with Gasteiger partial charge in [0.2, 0.25) is 5.60 Å². The summed E-state index contributed by atoms with van der Waals surface area (Å²) in [7, 11) is 8.22. The molecule has 3 aromatic carbocycles. The second-order valence-corrected chi connectivity index (χ2v) is 20.3. The van der Waals surface area contributed by atoms with E-state index in [9.17, 15) is 19.8 Å². The van der Waals surface area contributed by atoms with Crippen LogP contribution in [0, 0.1) is 11.3 Å². The van der Waals surface area contributed by atoms with E-state index >= 15 is 4.79 Å². The minimum atomic E-state index is -2.32. The number of hydrogen-bond acceptors (Lipinski definition) is 13. The van der Waals surface area contributed by atoms with Crippen molar-refractivity contribution in [3.8, 4) is 5.75 Å². The highest BCUT2D eigenvalue weighted by Gasteiger charge is 2.80. The molecule has 6 aliphatic rings. The van der Waals surface area contributed by atoms with Crippen molar-refractivity contribution in [1.82, 2.24) is 14.8 Å². The van der Waals surface area contributed by atoms with Crippen LogP contribution in [-0.4, -0.2) is 140 Å². The zero-order chi connectivity index (χ0) is 47.4. The quantitative estimate of drug-likeness (QED) is 0.106. The summed E-state index contributed by atoms with van der Waals surface area (Å²) in [5.74, 6) is -1.64. The Balaban J connectivity index is 1.27. The molecule has 2 bridgehead atoms. The molecule has 2 saturated heterocycles. The average Bonchev–Trinajstić information content (AvgIpc) is 4.00. The molecule has 3 fully saturated rings. The van der Waals surface area contributed by atoms with Crippen molar-refractivity contribution in [1.29, 1.82) is 0 Å². The van der Waals surface area contributed by atoms with Gasteiger partial charge in [-0.3, -0.25) is 19.4 Å². The molecule has 10 atom stereocenters. The van der Waals surface area contributed by atoms with Crippen molar-refractivity contribution < 1.29 is 43.5 Å². The van der Waals surface area contributed by atoms with E-state index in [0.29, 0.717) is 82.6 Å². The number of rotatable bonds is 9. The molecule has 1 saturated carbocycles. The Kier molecular flexibility index (Phi) is 10.9. The Morgan fingerprint density at radius 2 is 1.66 bits per heavy atom. The highest BCUT2D eigenvalue weighted by atomic mass is 16.6. The van der Waals surface area contributed by atoms with Crippen molar-refractivity contribution in [2.24, 2.45) is 11.3 Å². The summed E-state index contributed by atoms with van der Waals surface area (Å²) in [6.07, 6.45) is 5.79. The number of aliphatic hydroxyl groups is 2. The third-order valence-corrected chi connectivity index (χ3v) is 17.2. The number of nitrogens with one attached hydrogen (secondary N) is 1. The minimum Gasteiger partial charge on any atom is -0.496 e. The van der Waals surface area contributed by atoms with Crippen LogP contribution in [0.25, 0.3) is 10.9 Å². The summed E-state index contributed by atoms with van der Waals surface area (Å²) >= 11 is 0. The largest absolute Gasteiger partial charge is 0.496 e. The molecule has 4 aromatic rings. The minimum absolute atomic E-state index is 0.136. The van der Waals surface area contributed by atoms with Gasteiger partial charge in [-0.1, -0.05) is 44.2 Å². The van der Waals surface area contributed by atoms with E-state index in [1.165, 1.54) is 21.1 Å². The number of ether oxygens (including phenoxy) is 4. The first-order valence-corrected chi connectivity index (χ1v) is 23.9. The molecular formula is C53H65N5O9. The van der Waals surface area contributed by atoms with Gasteiger partial charge in [0.25, 0.3) is 0 Å². The highest BCUT2D eigenvalue weighted by Crippen LogP contribution is 2.68. The Morgan fingerprint density at radius 3 is 2.34 bits per heavy atom. The first-order chi connectivity index (χ1) is 32.1. The molecule has 1 unspecified atom stereocenters. The Morgan fingerprint density at radius 1 is 0.896 bits per heavy atom. The number of aromatic amines is 1. The molecule has 6 heterocycles. The van der Waals surface area contributed by atoms with Gasteiger partial charge >= 0.3 is 17.9 Å². The first-order valence-electron chi connectivity index (χ1n) is 23.9. The number of carbonyl (C=O) groups excluding carboxylic acids is 3. The van der Waals surface area contributed by atoms with E-state index in [0.717, 1.165) is 44.8 Å². The fraction of sp³-hybridized carbons (Fsp3) is 0.528. The van der Waals surface area contributed by atoms with Crippen molar-refractivity contribution in [2.75, 3.05) is 77.9 Å². The van der Waals surface area contributed by atoms with Crippen LogP contribution >= 0.6 is 0 Å². The monoisotopic (exact) mass is 915 g/mol. The summed E-state index contributed by atoms with van der Waals surface area (Å²) in [5, 5.41) is 26.6. The van der Waals surface area contributed by atoms with Crippen LogP contribution in [0.15, 0.2) is 72.8 Å². The van der Waals surface area contributed by atoms with E-state index in [1.54, 1.807) is 7.11 Å². The molecule has 10 rings (SSSR count). The second-order valence-electron chi connectivity index (χ2n) is 20.3. The standard InChI is InChI=1S/C53H65N5O9/c1-9-49(62)28-33-29-52(47(60)65-7,43-36(19-23-57(30-33)31-49)37-25-35(17-18-40(37)54-43)55(4)34-15-12-11-13-16-34)39-26-38-41(27-42(39)64-6)56(5)45-51(38)21-24-58-22-14-20-50(10-2,44(51)58)46(67-32(3)59)53(45,63)48(61)66-8/h11-18,20,25-27,33,44-46,54,62-63H,9-10,19,21-24,28-31H2,1-8H3/t33-,44+,45-,46-,49+,50-,51-,52+,53+/m1/s1. The normalized spacial score (nSPS) is 33.9. The van der Waals surface area contributed by atoms with E-state index in [-0.39, 0.29) is 12.0 Å². The first kappa shape index (κ1) is 45.4. The average molecular weight is 916 g/mol. The number of nitrogens with zero attached hydrogens (tertiary/aromatic N) is 4. The lowest BCUT2D eigenvalue weighted by Crippen LogP contribution is -2.81. The number of benzene rings is 3. The molecule has 0 amide bonds. The molecule has 0 radical (unpaired) electrons. The summed E-state index contributed by atoms with van der Waals surface area (Å²) in [6.45, 7) is 8.52. The summed E-state index contributed by atoms with van der Waals surface area (Å²) in [6, 6.07) is 19.4. The molecule has 67 heavy (non-hydrogen) atoms. The number of para-hydroxylation sites is 1. The van der Waals surface area contributed by atoms with Crippen LogP contribution in [0.4, 0.5) is 17.1 Å². The van der Waals surface area contributed by atoms with Gasteiger partial charge in [0, 0.05) is 109 Å². The summed E-state index contributed by atoms with van der Waals surface area (Å²) < 4.78 is 24.2. The van der Waals surface area contributed by atoms with Crippen molar-refractivity contribution in [3.63, 3.8) is 0 Å². The number of carbonyl (C=O) groups is 3. The zero-order valence-corrected chi connectivity index (χ0v) is 40.1. The van der Waals surface area contributed by atoms with Gasteiger partial charge in [0.15, 0.2) is 6.10 Å². The lowest BCUT2D eigenvalue weighted by Gasteiger charge is -2.63. The molecular weight excluding hydrogens is 851 g/mol. The lowest BCUT2D eigenvalue weighted by atomic mass is 9.47. The van der Waals surface area contributed by atoms with Crippen LogP contribution in [0.3, 0.4) is 0 Å². The fourth-order valence-electron chi connectivity index (χ4n) is 14.6. The number of aromatic nitrogens is 1. The summed E-state index contributed by atoms with van der Waals surface area (Å²) in [4.78, 5) is 56.0. The van der Waals surface area contributed by atoms with Crippen molar-refractivity contribution >= 4 is 45.9 Å². The topological polar surface area (TPSA) is 157 Å². The maximum Gasteiger partial charge on any atom is 0.344 e. The molecule has 1 aromatic heterocycles. The number of fused-ring (bicyclic) bond motifs is 6. The third kappa shape index (κ3) is 6.24. The Bertz CT molecular complexity index is 2670. The maximum atomic E-state index is 15.7. The number of hydrogen-bond donors (Lipinski definition) is 3.